The fraction of sp³-hybridized carbons (Fsp3) is 0.727. The van der Waals surface area contributed by atoms with E-state index in [0.29, 0.717) is 17.4 Å². The maximum atomic E-state index is 12.6. The molecule has 7 heteroatoms. The molecular weight excluding hydrogens is 252 g/mol. The number of piperidine rings is 1. The van der Waals surface area contributed by atoms with Crippen LogP contribution in [0.25, 0.3) is 0 Å². The minimum Gasteiger partial charge on any atom is -0.315 e. The van der Waals surface area contributed by atoms with Gasteiger partial charge in [-0.15, -0.1) is 0 Å². The van der Waals surface area contributed by atoms with Crippen molar-refractivity contribution < 1.29 is 8.42 Å². The summed E-state index contributed by atoms with van der Waals surface area (Å²) < 4.78 is 28.4. The second kappa shape index (κ2) is 4.32. The van der Waals surface area contributed by atoms with E-state index in [2.05, 4.69) is 10.4 Å². The van der Waals surface area contributed by atoms with Crippen LogP contribution in [0.3, 0.4) is 0 Å². The van der Waals surface area contributed by atoms with Gasteiger partial charge in [0.25, 0.3) is 0 Å². The van der Waals surface area contributed by atoms with E-state index in [-0.39, 0.29) is 6.04 Å². The molecule has 6 nitrogen and oxygen atoms in total. The summed E-state index contributed by atoms with van der Waals surface area (Å²) in [6.07, 6.45) is 5.07. The van der Waals surface area contributed by atoms with Crippen molar-refractivity contribution in [3.8, 4) is 0 Å². The molecule has 0 spiro atoms. The third-order valence-corrected chi connectivity index (χ3v) is 5.79. The molecule has 100 valence electrons. The third-order valence-electron chi connectivity index (χ3n) is 3.92. The molecule has 0 amide bonds. The summed E-state index contributed by atoms with van der Waals surface area (Å²) >= 11 is 0. The third kappa shape index (κ3) is 1.86. The fourth-order valence-electron chi connectivity index (χ4n) is 2.99. The van der Waals surface area contributed by atoms with Gasteiger partial charge in [0.05, 0.1) is 6.20 Å². The molecule has 1 aromatic heterocycles. The first-order chi connectivity index (χ1) is 8.59. The highest BCUT2D eigenvalue weighted by molar-refractivity contribution is 7.89. The van der Waals surface area contributed by atoms with E-state index < -0.39 is 10.0 Å². The largest absolute Gasteiger partial charge is 0.315 e. The topological polar surface area (TPSA) is 67.2 Å². The van der Waals surface area contributed by atoms with E-state index in [1.807, 2.05) is 0 Å². The maximum absolute atomic E-state index is 12.6. The van der Waals surface area contributed by atoms with E-state index in [0.717, 1.165) is 25.9 Å². The second-order valence-electron chi connectivity index (χ2n) is 5.09. The van der Waals surface area contributed by atoms with E-state index in [9.17, 15) is 8.42 Å². The van der Waals surface area contributed by atoms with Gasteiger partial charge in [-0.2, -0.15) is 9.40 Å². The Bertz CT molecular complexity index is 539. The van der Waals surface area contributed by atoms with Crippen LogP contribution in [-0.4, -0.2) is 48.2 Å². The summed E-state index contributed by atoms with van der Waals surface area (Å²) in [6, 6.07) is 0.115. The number of rotatable bonds is 2. The molecule has 0 radical (unpaired) electrons. The van der Waals surface area contributed by atoms with Crippen LogP contribution < -0.4 is 5.32 Å². The van der Waals surface area contributed by atoms with Crippen LogP contribution in [0.4, 0.5) is 0 Å². The molecule has 0 aromatic carbocycles. The molecule has 1 N–H and O–H groups in total. The lowest BCUT2D eigenvalue weighted by Gasteiger charge is -2.35. The van der Waals surface area contributed by atoms with Crippen LogP contribution >= 0.6 is 0 Å². The van der Waals surface area contributed by atoms with Gasteiger partial charge in [0.15, 0.2) is 0 Å². The number of nitrogens with zero attached hydrogens (tertiary/aromatic N) is 3. The predicted molar refractivity (Wildman–Crippen MR) is 66.5 cm³/mol. The van der Waals surface area contributed by atoms with Gasteiger partial charge >= 0.3 is 0 Å². The molecular formula is C11H18N4O2S. The van der Waals surface area contributed by atoms with Gasteiger partial charge in [0.2, 0.25) is 10.0 Å². The SMILES string of the molecule is Cn1cc(S(=O)(=O)N2CCCC3CNCC32)cn1. The Kier molecular flexibility index (Phi) is 2.91. The highest BCUT2D eigenvalue weighted by atomic mass is 32.2. The van der Waals surface area contributed by atoms with Crippen LogP contribution in [-0.2, 0) is 17.1 Å². The van der Waals surface area contributed by atoms with Crippen LogP contribution in [0.5, 0.6) is 0 Å². The molecule has 3 rings (SSSR count). The van der Waals surface area contributed by atoms with Gasteiger partial charge in [0, 0.05) is 32.4 Å². The van der Waals surface area contributed by atoms with Gasteiger partial charge in [-0.05, 0) is 25.3 Å². The molecule has 2 aliphatic rings. The number of sulfonamides is 1. The molecule has 18 heavy (non-hydrogen) atoms. The Morgan fingerprint density at radius 2 is 2.28 bits per heavy atom. The van der Waals surface area contributed by atoms with Crippen LogP contribution in [0.2, 0.25) is 0 Å². The Balaban J connectivity index is 1.93. The maximum Gasteiger partial charge on any atom is 0.246 e. The number of nitrogens with one attached hydrogen (secondary N) is 1. The highest BCUT2D eigenvalue weighted by Crippen LogP contribution is 2.30. The molecule has 2 saturated heterocycles. The normalized spacial score (nSPS) is 29.4. The van der Waals surface area contributed by atoms with Gasteiger partial charge in [-0.25, -0.2) is 8.42 Å². The Morgan fingerprint density at radius 1 is 1.44 bits per heavy atom. The summed E-state index contributed by atoms with van der Waals surface area (Å²) in [7, 11) is -1.65. The monoisotopic (exact) mass is 270 g/mol. The van der Waals surface area contributed by atoms with E-state index in [1.54, 1.807) is 17.5 Å². The van der Waals surface area contributed by atoms with E-state index in [1.165, 1.54) is 10.9 Å². The summed E-state index contributed by atoms with van der Waals surface area (Å²) in [5.74, 6) is 0.463. The summed E-state index contributed by atoms with van der Waals surface area (Å²) in [4.78, 5) is 0.303. The number of fused-ring (bicyclic) bond motifs is 1. The molecule has 2 atom stereocenters. The van der Waals surface area contributed by atoms with Crippen LogP contribution in [0.1, 0.15) is 12.8 Å². The number of hydrogen-bond donors (Lipinski definition) is 1. The zero-order chi connectivity index (χ0) is 12.8. The quantitative estimate of drug-likeness (QED) is 0.807. The average Bonchev–Trinajstić information content (AvgIpc) is 2.96. The molecule has 0 bridgehead atoms. The minimum atomic E-state index is -3.39. The van der Waals surface area contributed by atoms with Gasteiger partial charge in [-0.1, -0.05) is 0 Å². The van der Waals surface area contributed by atoms with Crippen molar-refractivity contribution in [2.75, 3.05) is 19.6 Å². The molecule has 3 heterocycles. The smallest absolute Gasteiger partial charge is 0.246 e. The first-order valence-electron chi connectivity index (χ1n) is 6.30. The second-order valence-corrected chi connectivity index (χ2v) is 6.98. The number of hydrogen-bond acceptors (Lipinski definition) is 4. The van der Waals surface area contributed by atoms with Crippen molar-refractivity contribution in [3.05, 3.63) is 12.4 Å². The van der Waals surface area contributed by atoms with Crippen molar-refractivity contribution in [3.63, 3.8) is 0 Å². The van der Waals surface area contributed by atoms with Crippen LogP contribution in [0.15, 0.2) is 17.3 Å². The van der Waals surface area contributed by atoms with Crippen molar-refractivity contribution >= 4 is 10.0 Å². The van der Waals surface area contributed by atoms with E-state index >= 15 is 0 Å². The fourth-order valence-corrected chi connectivity index (χ4v) is 4.70. The lowest BCUT2D eigenvalue weighted by atomic mass is 9.94. The molecule has 0 saturated carbocycles. The summed E-state index contributed by atoms with van der Waals surface area (Å²) in [6.45, 7) is 2.33. The molecule has 2 fully saturated rings. The van der Waals surface area contributed by atoms with Gasteiger partial charge < -0.3 is 5.32 Å². The van der Waals surface area contributed by atoms with Crippen molar-refractivity contribution in [2.45, 2.75) is 23.8 Å². The summed E-state index contributed by atoms with van der Waals surface area (Å²) in [5.41, 5.74) is 0. The van der Waals surface area contributed by atoms with Crippen LogP contribution in [0, 0.1) is 5.92 Å². The predicted octanol–water partition coefficient (Wildman–Crippen LogP) is -0.207. The first-order valence-corrected chi connectivity index (χ1v) is 7.74. The van der Waals surface area contributed by atoms with Crippen molar-refractivity contribution in [1.29, 1.82) is 0 Å². The Hall–Kier alpha value is -0.920. The number of aryl methyl sites for hydroxylation is 1. The van der Waals surface area contributed by atoms with E-state index in [4.69, 9.17) is 0 Å². The highest BCUT2D eigenvalue weighted by Gasteiger charge is 2.41. The zero-order valence-electron chi connectivity index (χ0n) is 10.4. The molecule has 0 aliphatic carbocycles. The number of aromatic nitrogens is 2. The average molecular weight is 270 g/mol. The Morgan fingerprint density at radius 3 is 3.00 bits per heavy atom. The van der Waals surface area contributed by atoms with Crippen molar-refractivity contribution in [2.24, 2.45) is 13.0 Å². The minimum absolute atomic E-state index is 0.115. The van der Waals surface area contributed by atoms with Gasteiger partial charge in [-0.3, -0.25) is 4.68 Å². The summed E-state index contributed by atoms with van der Waals surface area (Å²) in [5, 5.41) is 7.25. The lowest BCUT2D eigenvalue weighted by molar-refractivity contribution is 0.217. The first kappa shape index (κ1) is 12.1. The lowest BCUT2D eigenvalue weighted by Crippen LogP contribution is -2.48. The van der Waals surface area contributed by atoms with Gasteiger partial charge in [0.1, 0.15) is 4.90 Å². The Labute approximate surface area is 107 Å². The molecule has 2 unspecified atom stereocenters. The van der Waals surface area contributed by atoms with Crippen molar-refractivity contribution in [1.82, 2.24) is 19.4 Å². The standard InChI is InChI=1S/C11H18N4O2S/c1-14-8-10(6-13-14)18(16,17)15-4-2-3-9-5-12-7-11(9)15/h6,8-9,11-12H,2-5,7H2,1H3. The molecule has 1 aromatic rings. The molecule has 2 aliphatic heterocycles. The zero-order valence-corrected chi connectivity index (χ0v) is 11.2.